The highest BCUT2D eigenvalue weighted by Gasteiger charge is 2.26. The van der Waals surface area contributed by atoms with Gasteiger partial charge in [0, 0.05) is 61.1 Å². The summed E-state index contributed by atoms with van der Waals surface area (Å²) >= 11 is 0. The lowest BCUT2D eigenvalue weighted by atomic mass is 9.93. The number of aromatic nitrogens is 5. The molecule has 0 bridgehead atoms. The average molecular weight is 545 g/mol. The Kier molecular flexibility index (Phi) is 7.27. The van der Waals surface area contributed by atoms with Gasteiger partial charge in [0.2, 0.25) is 5.95 Å². The monoisotopic (exact) mass is 544 g/mol. The number of anilines is 2. The molecule has 3 aromatic heterocycles. The van der Waals surface area contributed by atoms with E-state index in [0.29, 0.717) is 17.7 Å². The highest BCUT2D eigenvalue weighted by Crippen LogP contribution is 2.34. The topological polar surface area (TPSA) is 116 Å². The Morgan fingerprint density at radius 3 is 2.58 bits per heavy atom. The molecule has 6 rings (SSSR count). The summed E-state index contributed by atoms with van der Waals surface area (Å²) < 4.78 is 10.2. The Morgan fingerprint density at radius 2 is 1.85 bits per heavy atom. The van der Waals surface area contributed by atoms with Gasteiger partial charge in [-0.2, -0.15) is 14.6 Å². The first-order chi connectivity index (χ1) is 19.4. The molecular formula is C29H36N8O3. The lowest BCUT2D eigenvalue weighted by Gasteiger charge is -2.30. The van der Waals surface area contributed by atoms with Gasteiger partial charge in [0.25, 0.3) is 5.69 Å². The highest BCUT2D eigenvalue weighted by atomic mass is 16.6. The number of benzene rings is 1. The second kappa shape index (κ2) is 11.1. The number of piperidine rings is 1. The summed E-state index contributed by atoms with van der Waals surface area (Å²) in [6.07, 6.45) is 11.4. The first-order valence-electron chi connectivity index (χ1n) is 14.3. The third kappa shape index (κ3) is 5.45. The molecule has 4 heterocycles. The third-order valence-electron chi connectivity index (χ3n) is 7.88. The molecule has 11 heteroatoms. The second-order valence-corrected chi connectivity index (χ2v) is 11.1. The maximum Gasteiger partial charge on any atom is 0.269 e. The van der Waals surface area contributed by atoms with Crippen LogP contribution in [0.2, 0.25) is 0 Å². The first-order valence-corrected chi connectivity index (χ1v) is 14.3. The normalized spacial score (nSPS) is 19.7. The molecular weight excluding hydrogens is 508 g/mol. The van der Waals surface area contributed by atoms with E-state index in [4.69, 9.17) is 14.8 Å². The molecule has 1 saturated carbocycles. The SMILES string of the molecule is CC(C)n1cc(-c2ccc3nc(N[C@@H]4CCC[C@H](Oc5ccc([N+](=O)[O-])cc5)C4)nn3c2N2CCCCC2)cn1. The van der Waals surface area contributed by atoms with E-state index in [0.717, 1.165) is 61.4 Å². The van der Waals surface area contributed by atoms with E-state index in [1.54, 1.807) is 12.1 Å². The van der Waals surface area contributed by atoms with Crippen molar-refractivity contribution >= 4 is 23.1 Å². The number of hydrogen-bond donors (Lipinski definition) is 1. The lowest BCUT2D eigenvalue weighted by Crippen LogP contribution is -2.33. The van der Waals surface area contributed by atoms with Crippen molar-refractivity contribution in [1.82, 2.24) is 24.4 Å². The van der Waals surface area contributed by atoms with Gasteiger partial charge in [0.15, 0.2) is 5.65 Å². The van der Waals surface area contributed by atoms with Crippen molar-refractivity contribution in [3.05, 3.63) is 58.9 Å². The molecule has 40 heavy (non-hydrogen) atoms. The molecule has 1 aromatic carbocycles. The number of pyridine rings is 1. The molecule has 2 atom stereocenters. The van der Waals surface area contributed by atoms with Crippen molar-refractivity contribution in [3.8, 4) is 16.9 Å². The van der Waals surface area contributed by atoms with E-state index in [-0.39, 0.29) is 17.8 Å². The zero-order valence-electron chi connectivity index (χ0n) is 23.1. The van der Waals surface area contributed by atoms with Gasteiger partial charge in [-0.15, -0.1) is 5.10 Å². The predicted molar refractivity (Wildman–Crippen MR) is 154 cm³/mol. The summed E-state index contributed by atoms with van der Waals surface area (Å²) in [7, 11) is 0. The van der Waals surface area contributed by atoms with E-state index in [2.05, 4.69) is 41.4 Å². The van der Waals surface area contributed by atoms with Gasteiger partial charge in [-0.1, -0.05) is 0 Å². The predicted octanol–water partition coefficient (Wildman–Crippen LogP) is 5.87. The number of non-ortho nitro benzene ring substituents is 1. The van der Waals surface area contributed by atoms with Crippen LogP contribution >= 0.6 is 0 Å². The highest BCUT2D eigenvalue weighted by molar-refractivity contribution is 5.78. The fourth-order valence-electron chi connectivity index (χ4n) is 5.79. The number of nitro groups is 1. The number of ether oxygens (including phenoxy) is 1. The van der Waals surface area contributed by atoms with E-state index in [1.165, 1.54) is 31.4 Å². The number of hydrogen-bond acceptors (Lipinski definition) is 8. The van der Waals surface area contributed by atoms with Crippen LogP contribution in [0.3, 0.4) is 0 Å². The van der Waals surface area contributed by atoms with Gasteiger partial charge >= 0.3 is 0 Å². The van der Waals surface area contributed by atoms with Crippen molar-refractivity contribution in [2.75, 3.05) is 23.3 Å². The Labute approximate surface area is 233 Å². The van der Waals surface area contributed by atoms with Crippen LogP contribution in [0.25, 0.3) is 16.8 Å². The molecule has 0 unspecified atom stereocenters. The van der Waals surface area contributed by atoms with Gasteiger partial charge in [-0.25, -0.2) is 0 Å². The molecule has 1 aliphatic heterocycles. The molecule has 210 valence electrons. The molecule has 1 aliphatic carbocycles. The Morgan fingerprint density at radius 1 is 1.05 bits per heavy atom. The molecule has 0 spiro atoms. The van der Waals surface area contributed by atoms with E-state index < -0.39 is 4.92 Å². The van der Waals surface area contributed by atoms with Crippen LogP contribution in [0, 0.1) is 10.1 Å². The van der Waals surface area contributed by atoms with Crippen LogP contribution in [0.15, 0.2) is 48.8 Å². The molecule has 2 aliphatic rings. The van der Waals surface area contributed by atoms with Crippen molar-refractivity contribution < 1.29 is 9.66 Å². The Balaban J connectivity index is 1.23. The summed E-state index contributed by atoms with van der Waals surface area (Å²) in [5.74, 6) is 2.35. The van der Waals surface area contributed by atoms with Gasteiger partial charge in [-0.3, -0.25) is 14.8 Å². The molecule has 1 saturated heterocycles. The smallest absolute Gasteiger partial charge is 0.269 e. The molecule has 0 amide bonds. The Bertz CT molecular complexity index is 1470. The Hall–Kier alpha value is -4.15. The fraction of sp³-hybridized carbons (Fsp3) is 0.483. The number of nitro benzene ring substituents is 1. The van der Waals surface area contributed by atoms with Gasteiger partial charge in [0.1, 0.15) is 17.7 Å². The maximum atomic E-state index is 10.9. The number of rotatable bonds is 8. The number of fused-ring (bicyclic) bond motifs is 1. The maximum absolute atomic E-state index is 10.9. The minimum absolute atomic E-state index is 0.0257. The average Bonchev–Trinajstić information content (AvgIpc) is 3.61. The quantitative estimate of drug-likeness (QED) is 0.216. The van der Waals surface area contributed by atoms with Crippen LogP contribution < -0.4 is 15.0 Å². The fourth-order valence-corrected chi connectivity index (χ4v) is 5.79. The second-order valence-electron chi connectivity index (χ2n) is 11.1. The van der Waals surface area contributed by atoms with Gasteiger partial charge in [-0.05, 0) is 76.6 Å². The first kappa shape index (κ1) is 26.1. The largest absolute Gasteiger partial charge is 0.490 e. The summed E-state index contributed by atoms with van der Waals surface area (Å²) in [6, 6.07) is 11.0. The number of nitrogens with zero attached hydrogens (tertiary/aromatic N) is 7. The van der Waals surface area contributed by atoms with E-state index in [1.807, 2.05) is 21.5 Å². The number of nitrogens with one attached hydrogen (secondary N) is 1. The van der Waals surface area contributed by atoms with Crippen molar-refractivity contribution in [3.63, 3.8) is 0 Å². The molecule has 0 radical (unpaired) electrons. The van der Waals surface area contributed by atoms with Crippen LogP contribution in [0.5, 0.6) is 5.75 Å². The van der Waals surface area contributed by atoms with Crippen molar-refractivity contribution in [2.45, 2.75) is 77.0 Å². The van der Waals surface area contributed by atoms with E-state index >= 15 is 0 Å². The van der Waals surface area contributed by atoms with E-state index in [9.17, 15) is 10.1 Å². The van der Waals surface area contributed by atoms with Gasteiger partial charge in [0.05, 0.1) is 11.1 Å². The van der Waals surface area contributed by atoms with Gasteiger partial charge < -0.3 is 15.0 Å². The van der Waals surface area contributed by atoms with Crippen LogP contribution in [-0.2, 0) is 0 Å². The summed E-state index contributed by atoms with van der Waals surface area (Å²) in [5.41, 5.74) is 3.08. The van der Waals surface area contributed by atoms with Crippen LogP contribution in [0.1, 0.15) is 64.8 Å². The van der Waals surface area contributed by atoms with Crippen molar-refractivity contribution in [2.24, 2.45) is 0 Å². The van der Waals surface area contributed by atoms with Crippen molar-refractivity contribution in [1.29, 1.82) is 0 Å². The summed E-state index contributed by atoms with van der Waals surface area (Å²) in [4.78, 5) is 17.8. The molecule has 4 aromatic rings. The zero-order chi connectivity index (χ0) is 27.6. The third-order valence-corrected chi connectivity index (χ3v) is 7.88. The molecule has 1 N–H and O–H groups in total. The minimum atomic E-state index is -0.398. The minimum Gasteiger partial charge on any atom is -0.490 e. The van der Waals surface area contributed by atoms with Crippen LogP contribution in [0.4, 0.5) is 17.5 Å². The lowest BCUT2D eigenvalue weighted by molar-refractivity contribution is -0.384. The zero-order valence-corrected chi connectivity index (χ0v) is 23.1. The standard InChI is InChI=1S/C29H36N8O3/c1-20(2)35-19-21(18-30-35)26-13-14-27-32-29(33-36(27)28(26)34-15-4-3-5-16-34)31-22-7-6-8-25(17-22)40-24-11-9-23(10-12-24)37(38)39/h9-14,18-20,22,25H,3-8,15-17H2,1-2H3,(H,31,33)/t22-,25+/m1/s1. The molecule has 2 fully saturated rings. The summed E-state index contributed by atoms with van der Waals surface area (Å²) in [5, 5.41) is 24.1. The summed E-state index contributed by atoms with van der Waals surface area (Å²) in [6.45, 7) is 6.26. The molecule has 11 nitrogen and oxygen atoms in total. The van der Waals surface area contributed by atoms with Crippen LogP contribution in [-0.4, -0.2) is 54.5 Å².